The van der Waals surface area contributed by atoms with E-state index >= 15 is 0 Å². The normalized spacial score (nSPS) is 28.9. The number of benzene rings is 1. The van der Waals surface area contributed by atoms with E-state index in [1.54, 1.807) is 0 Å². The first-order chi connectivity index (χ1) is 7.55. The summed E-state index contributed by atoms with van der Waals surface area (Å²) >= 11 is 0. The summed E-state index contributed by atoms with van der Waals surface area (Å²) in [4.78, 5) is 0. The number of hydrogen-bond acceptors (Lipinski definition) is 2. The average molecular weight is 220 g/mol. The minimum Gasteiger partial charge on any atom is -0.349 e. The van der Waals surface area contributed by atoms with Crippen LogP contribution in [0.4, 0.5) is 0 Å². The molecular formula is C14H20O2. The number of ether oxygens (including phenoxy) is 2. The second kappa shape index (κ2) is 4.56. The lowest BCUT2D eigenvalue weighted by Crippen LogP contribution is -2.43. The molecule has 0 saturated carbocycles. The Bertz CT molecular complexity index is 332. The second-order valence-corrected chi connectivity index (χ2v) is 5.15. The van der Waals surface area contributed by atoms with Gasteiger partial charge in [-0.3, -0.25) is 0 Å². The Morgan fingerprint density at radius 1 is 1.25 bits per heavy atom. The zero-order chi connectivity index (χ0) is 11.6. The first kappa shape index (κ1) is 11.6. The fourth-order valence-electron chi connectivity index (χ4n) is 2.33. The molecule has 2 rings (SSSR count). The molecule has 0 radical (unpaired) electrons. The molecule has 2 heteroatoms. The van der Waals surface area contributed by atoms with Crippen LogP contribution >= 0.6 is 0 Å². The molecule has 1 aliphatic rings. The molecule has 2 nitrogen and oxygen atoms in total. The average Bonchev–Trinajstić information content (AvgIpc) is 2.15. The van der Waals surface area contributed by atoms with Gasteiger partial charge >= 0.3 is 0 Å². The van der Waals surface area contributed by atoms with Crippen LogP contribution in [0.2, 0.25) is 0 Å². The van der Waals surface area contributed by atoms with Gasteiger partial charge in [0.25, 0.3) is 0 Å². The van der Waals surface area contributed by atoms with E-state index in [-0.39, 0.29) is 18.0 Å². The minimum atomic E-state index is -0.110. The highest BCUT2D eigenvalue weighted by Crippen LogP contribution is 2.28. The molecule has 0 aromatic heterocycles. The summed E-state index contributed by atoms with van der Waals surface area (Å²) in [5.74, 6) is 0. The van der Waals surface area contributed by atoms with E-state index in [2.05, 4.69) is 32.9 Å². The standard InChI is InChI=1S/C14H20O2/c1-11-10-14(2,3)16-13(15-11)9-12-7-5-4-6-8-12/h4-8,11,13H,9-10H2,1-3H3. The molecule has 0 spiro atoms. The van der Waals surface area contributed by atoms with Crippen LogP contribution < -0.4 is 0 Å². The van der Waals surface area contributed by atoms with Crippen LogP contribution in [0, 0.1) is 0 Å². The van der Waals surface area contributed by atoms with Gasteiger partial charge in [-0.15, -0.1) is 0 Å². The van der Waals surface area contributed by atoms with Gasteiger partial charge in [-0.05, 0) is 26.3 Å². The molecule has 2 atom stereocenters. The van der Waals surface area contributed by atoms with Crippen molar-refractivity contribution >= 4 is 0 Å². The predicted octanol–water partition coefficient (Wildman–Crippen LogP) is 3.16. The quantitative estimate of drug-likeness (QED) is 0.762. The fraction of sp³-hybridized carbons (Fsp3) is 0.571. The summed E-state index contributed by atoms with van der Waals surface area (Å²) < 4.78 is 11.7. The van der Waals surface area contributed by atoms with Crippen molar-refractivity contribution in [1.82, 2.24) is 0 Å². The van der Waals surface area contributed by atoms with Gasteiger partial charge < -0.3 is 9.47 Å². The summed E-state index contributed by atoms with van der Waals surface area (Å²) in [5.41, 5.74) is 1.19. The molecule has 1 aromatic rings. The van der Waals surface area contributed by atoms with Crippen molar-refractivity contribution in [3.8, 4) is 0 Å². The summed E-state index contributed by atoms with van der Waals surface area (Å²) in [5, 5.41) is 0. The highest BCUT2D eigenvalue weighted by molar-refractivity contribution is 5.15. The third-order valence-corrected chi connectivity index (χ3v) is 2.86. The maximum Gasteiger partial charge on any atom is 0.162 e. The van der Waals surface area contributed by atoms with Gasteiger partial charge in [-0.25, -0.2) is 0 Å². The molecular weight excluding hydrogens is 200 g/mol. The maximum absolute atomic E-state index is 5.93. The smallest absolute Gasteiger partial charge is 0.162 e. The van der Waals surface area contributed by atoms with E-state index in [0.29, 0.717) is 0 Å². The number of rotatable bonds is 2. The van der Waals surface area contributed by atoms with Crippen LogP contribution in [-0.4, -0.2) is 18.0 Å². The highest BCUT2D eigenvalue weighted by Gasteiger charge is 2.33. The van der Waals surface area contributed by atoms with Gasteiger partial charge in [-0.2, -0.15) is 0 Å². The largest absolute Gasteiger partial charge is 0.349 e. The topological polar surface area (TPSA) is 18.5 Å². The molecule has 88 valence electrons. The third-order valence-electron chi connectivity index (χ3n) is 2.86. The molecule has 2 unspecified atom stereocenters. The molecule has 0 aliphatic carbocycles. The molecule has 1 aliphatic heterocycles. The minimum absolute atomic E-state index is 0.0723. The van der Waals surface area contributed by atoms with E-state index in [9.17, 15) is 0 Å². The third kappa shape index (κ3) is 3.06. The van der Waals surface area contributed by atoms with Crippen LogP contribution in [-0.2, 0) is 15.9 Å². The molecule has 0 bridgehead atoms. The molecule has 1 saturated heterocycles. The van der Waals surface area contributed by atoms with Gasteiger partial charge in [0.1, 0.15) is 0 Å². The Hall–Kier alpha value is -0.860. The Morgan fingerprint density at radius 3 is 2.56 bits per heavy atom. The van der Waals surface area contributed by atoms with E-state index in [4.69, 9.17) is 9.47 Å². The van der Waals surface area contributed by atoms with Crippen molar-refractivity contribution in [3.63, 3.8) is 0 Å². The van der Waals surface area contributed by atoms with Crippen molar-refractivity contribution in [2.75, 3.05) is 0 Å². The van der Waals surface area contributed by atoms with Gasteiger partial charge in [0.15, 0.2) is 6.29 Å². The molecule has 0 amide bonds. The van der Waals surface area contributed by atoms with E-state index in [0.717, 1.165) is 12.8 Å². The Morgan fingerprint density at radius 2 is 1.94 bits per heavy atom. The predicted molar refractivity (Wildman–Crippen MR) is 64.3 cm³/mol. The summed E-state index contributed by atoms with van der Waals surface area (Å²) in [7, 11) is 0. The summed E-state index contributed by atoms with van der Waals surface area (Å²) in [6.45, 7) is 6.37. The Balaban J connectivity index is 2.00. The van der Waals surface area contributed by atoms with E-state index < -0.39 is 0 Å². The molecule has 1 aromatic carbocycles. The van der Waals surface area contributed by atoms with Crippen LogP contribution in [0.25, 0.3) is 0 Å². The lowest BCUT2D eigenvalue weighted by Gasteiger charge is -2.39. The van der Waals surface area contributed by atoms with Crippen LogP contribution in [0.15, 0.2) is 30.3 Å². The monoisotopic (exact) mass is 220 g/mol. The van der Waals surface area contributed by atoms with Crippen molar-refractivity contribution in [1.29, 1.82) is 0 Å². The Kier molecular flexibility index (Phi) is 3.31. The van der Waals surface area contributed by atoms with Crippen LogP contribution in [0.3, 0.4) is 0 Å². The Labute approximate surface area is 97.6 Å². The van der Waals surface area contributed by atoms with E-state index in [1.807, 2.05) is 18.2 Å². The van der Waals surface area contributed by atoms with Crippen LogP contribution in [0.1, 0.15) is 32.8 Å². The maximum atomic E-state index is 5.93. The lowest BCUT2D eigenvalue weighted by atomic mass is 9.99. The van der Waals surface area contributed by atoms with Crippen molar-refractivity contribution in [2.45, 2.75) is 51.6 Å². The van der Waals surface area contributed by atoms with Crippen LogP contribution in [0.5, 0.6) is 0 Å². The fourth-order valence-corrected chi connectivity index (χ4v) is 2.33. The van der Waals surface area contributed by atoms with Crippen molar-refractivity contribution in [3.05, 3.63) is 35.9 Å². The van der Waals surface area contributed by atoms with Gasteiger partial charge in [0, 0.05) is 12.8 Å². The van der Waals surface area contributed by atoms with Gasteiger partial charge in [0.05, 0.1) is 11.7 Å². The summed E-state index contributed by atoms with van der Waals surface area (Å²) in [6.07, 6.45) is 1.95. The highest BCUT2D eigenvalue weighted by atomic mass is 16.7. The number of hydrogen-bond donors (Lipinski definition) is 0. The SMILES string of the molecule is CC1CC(C)(C)OC(Cc2ccccc2)O1. The van der Waals surface area contributed by atoms with Gasteiger partial charge in [0.2, 0.25) is 0 Å². The van der Waals surface area contributed by atoms with E-state index in [1.165, 1.54) is 5.56 Å². The zero-order valence-electron chi connectivity index (χ0n) is 10.3. The first-order valence-electron chi connectivity index (χ1n) is 5.92. The zero-order valence-corrected chi connectivity index (χ0v) is 10.3. The lowest BCUT2D eigenvalue weighted by molar-refractivity contribution is -0.267. The van der Waals surface area contributed by atoms with Gasteiger partial charge in [-0.1, -0.05) is 30.3 Å². The van der Waals surface area contributed by atoms with Crippen molar-refractivity contribution < 1.29 is 9.47 Å². The molecule has 1 fully saturated rings. The van der Waals surface area contributed by atoms with Crippen molar-refractivity contribution in [2.24, 2.45) is 0 Å². The molecule has 16 heavy (non-hydrogen) atoms. The first-order valence-corrected chi connectivity index (χ1v) is 5.92. The molecule has 0 N–H and O–H groups in total. The molecule has 1 heterocycles. The summed E-state index contributed by atoms with van der Waals surface area (Å²) in [6, 6.07) is 10.3. The second-order valence-electron chi connectivity index (χ2n) is 5.15.